The molecule has 0 aliphatic carbocycles. The van der Waals surface area contributed by atoms with Gasteiger partial charge in [-0.05, 0) is 36.2 Å². The monoisotopic (exact) mass is 261 g/mol. The summed E-state index contributed by atoms with van der Waals surface area (Å²) in [6, 6.07) is 11.8. The molecular formula is C16H17F2N. The van der Waals surface area contributed by atoms with E-state index in [0.717, 1.165) is 23.6 Å². The highest BCUT2D eigenvalue weighted by atomic mass is 19.3. The van der Waals surface area contributed by atoms with Crippen molar-refractivity contribution in [1.29, 1.82) is 0 Å². The van der Waals surface area contributed by atoms with E-state index in [1.807, 2.05) is 24.3 Å². The predicted octanol–water partition coefficient (Wildman–Crippen LogP) is 4.07. The van der Waals surface area contributed by atoms with Crippen LogP contribution < -0.4 is 5.32 Å². The van der Waals surface area contributed by atoms with E-state index in [4.69, 9.17) is 0 Å². The van der Waals surface area contributed by atoms with Gasteiger partial charge in [0.25, 0.3) is 5.92 Å². The van der Waals surface area contributed by atoms with E-state index in [0.29, 0.717) is 13.0 Å². The number of benzene rings is 2. The number of hydrogen-bond donors (Lipinski definition) is 1. The van der Waals surface area contributed by atoms with E-state index in [1.54, 1.807) is 18.2 Å². The second-order valence-electron chi connectivity index (χ2n) is 5.19. The fraction of sp³-hybridized carbons (Fsp3) is 0.375. The summed E-state index contributed by atoms with van der Waals surface area (Å²) in [5.74, 6) is -2.80. The Hall–Kier alpha value is -1.48. The second-order valence-corrected chi connectivity index (χ2v) is 5.19. The van der Waals surface area contributed by atoms with Crippen molar-refractivity contribution < 1.29 is 8.78 Å². The maximum atomic E-state index is 14.5. The molecule has 3 rings (SSSR count). The molecule has 0 spiro atoms. The lowest BCUT2D eigenvalue weighted by Gasteiger charge is -2.31. The number of piperidine rings is 1. The van der Waals surface area contributed by atoms with E-state index in [9.17, 15) is 8.78 Å². The van der Waals surface area contributed by atoms with E-state index in [-0.39, 0.29) is 5.56 Å². The molecule has 2 aromatic rings. The number of rotatable bonds is 2. The third-order valence-electron chi connectivity index (χ3n) is 3.88. The van der Waals surface area contributed by atoms with Crippen molar-refractivity contribution in [2.45, 2.75) is 31.2 Å². The fourth-order valence-electron chi connectivity index (χ4n) is 2.76. The third-order valence-corrected chi connectivity index (χ3v) is 3.88. The van der Waals surface area contributed by atoms with Gasteiger partial charge in [0.05, 0.1) is 6.04 Å². The third kappa shape index (κ3) is 2.35. The summed E-state index contributed by atoms with van der Waals surface area (Å²) in [6.45, 7) is 0.688. The van der Waals surface area contributed by atoms with Crippen molar-refractivity contribution >= 4 is 10.8 Å². The zero-order chi connectivity index (χ0) is 13.3. The standard InChI is InChI=1S/C16H17F2N/c17-16(18,15-7-3-4-10-19-15)14-9-8-12-5-1-2-6-13(12)11-14/h1-2,5-6,8-9,11,15,19H,3-4,7,10H2. The van der Waals surface area contributed by atoms with Crippen LogP contribution in [0.3, 0.4) is 0 Å². The first-order valence-electron chi connectivity index (χ1n) is 6.78. The molecule has 2 aromatic carbocycles. The molecule has 1 heterocycles. The fourth-order valence-corrected chi connectivity index (χ4v) is 2.76. The van der Waals surface area contributed by atoms with Crippen molar-refractivity contribution in [1.82, 2.24) is 5.32 Å². The van der Waals surface area contributed by atoms with Gasteiger partial charge in [0.2, 0.25) is 0 Å². The Kier molecular flexibility index (Phi) is 3.23. The molecule has 1 fully saturated rings. The minimum absolute atomic E-state index is 0.116. The van der Waals surface area contributed by atoms with Crippen molar-refractivity contribution in [2.75, 3.05) is 6.54 Å². The van der Waals surface area contributed by atoms with Gasteiger partial charge in [0.1, 0.15) is 0 Å². The maximum absolute atomic E-state index is 14.5. The Balaban J connectivity index is 1.97. The van der Waals surface area contributed by atoms with Crippen LogP contribution in [0.25, 0.3) is 10.8 Å². The van der Waals surface area contributed by atoms with E-state index < -0.39 is 12.0 Å². The molecule has 1 N–H and O–H groups in total. The van der Waals surface area contributed by atoms with Gasteiger partial charge in [0.15, 0.2) is 0 Å². The lowest BCUT2D eigenvalue weighted by atomic mass is 9.92. The Morgan fingerprint density at radius 3 is 2.53 bits per heavy atom. The SMILES string of the molecule is FC(F)(c1ccc2ccccc2c1)C1CCCCN1. The quantitative estimate of drug-likeness (QED) is 0.859. The lowest BCUT2D eigenvalue weighted by molar-refractivity contribution is -0.0511. The van der Waals surface area contributed by atoms with Crippen LogP contribution in [0.1, 0.15) is 24.8 Å². The van der Waals surface area contributed by atoms with Crippen LogP contribution >= 0.6 is 0 Å². The normalized spacial score (nSPS) is 20.6. The molecular weight excluding hydrogens is 244 g/mol. The van der Waals surface area contributed by atoms with Crippen LogP contribution in [0, 0.1) is 0 Å². The van der Waals surface area contributed by atoms with Crippen molar-refractivity contribution in [3.63, 3.8) is 0 Å². The summed E-state index contributed by atoms with van der Waals surface area (Å²) in [4.78, 5) is 0. The maximum Gasteiger partial charge on any atom is 0.288 e. The Bertz CT molecular complexity index is 574. The Labute approximate surface area is 111 Å². The average molecular weight is 261 g/mol. The Morgan fingerprint density at radius 1 is 1.00 bits per heavy atom. The molecule has 1 unspecified atom stereocenters. The summed E-state index contributed by atoms with van der Waals surface area (Å²) < 4.78 is 29.0. The van der Waals surface area contributed by atoms with Crippen LogP contribution in [0.2, 0.25) is 0 Å². The van der Waals surface area contributed by atoms with Gasteiger partial charge < -0.3 is 5.32 Å². The number of halogens is 2. The summed E-state index contributed by atoms with van der Waals surface area (Å²) in [5, 5.41) is 4.83. The smallest absolute Gasteiger partial charge is 0.288 e. The van der Waals surface area contributed by atoms with Gasteiger partial charge in [0, 0.05) is 5.56 Å². The molecule has 1 nitrogen and oxygen atoms in total. The van der Waals surface area contributed by atoms with Crippen molar-refractivity contribution in [3.8, 4) is 0 Å². The minimum Gasteiger partial charge on any atom is -0.308 e. The van der Waals surface area contributed by atoms with Crippen LogP contribution in [0.5, 0.6) is 0 Å². The molecule has 100 valence electrons. The van der Waals surface area contributed by atoms with Crippen molar-refractivity contribution in [3.05, 3.63) is 48.0 Å². The largest absolute Gasteiger partial charge is 0.308 e. The number of hydrogen-bond acceptors (Lipinski definition) is 1. The first-order valence-corrected chi connectivity index (χ1v) is 6.78. The predicted molar refractivity (Wildman–Crippen MR) is 73.5 cm³/mol. The van der Waals surface area contributed by atoms with Gasteiger partial charge in [-0.3, -0.25) is 0 Å². The molecule has 1 aliphatic heterocycles. The molecule has 1 atom stereocenters. The molecule has 0 amide bonds. The Morgan fingerprint density at radius 2 is 1.79 bits per heavy atom. The first-order chi connectivity index (χ1) is 9.18. The summed E-state index contributed by atoms with van der Waals surface area (Å²) >= 11 is 0. The molecule has 0 radical (unpaired) electrons. The first kappa shape index (κ1) is 12.5. The number of alkyl halides is 2. The highest BCUT2D eigenvalue weighted by Gasteiger charge is 2.41. The number of fused-ring (bicyclic) bond motifs is 1. The average Bonchev–Trinajstić information content (AvgIpc) is 2.47. The summed E-state index contributed by atoms with van der Waals surface area (Å²) in [6.07, 6.45) is 2.41. The summed E-state index contributed by atoms with van der Waals surface area (Å²) in [7, 11) is 0. The highest BCUT2D eigenvalue weighted by Crippen LogP contribution is 2.36. The van der Waals surface area contributed by atoms with E-state index >= 15 is 0 Å². The van der Waals surface area contributed by atoms with Gasteiger partial charge in [-0.25, -0.2) is 0 Å². The lowest BCUT2D eigenvalue weighted by Crippen LogP contribution is -2.45. The molecule has 1 aliphatic rings. The molecule has 3 heteroatoms. The second kappa shape index (κ2) is 4.89. The van der Waals surface area contributed by atoms with Gasteiger partial charge >= 0.3 is 0 Å². The minimum atomic E-state index is -2.80. The van der Waals surface area contributed by atoms with E-state index in [2.05, 4.69) is 5.32 Å². The molecule has 1 saturated heterocycles. The van der Waals surface area contributed by atoms with Crippen molar-refractivity contribution in [2.24, 2.45) is 0 Å². The zero-order valence-corrected chi connectivity index (χ0v) is 10.7. The van der Waals surface area contributed by atoms with Crippen LogP contribution in [0.4, 0.5) is 8.78 Å². The topological polar surface area (TPSA) is 12.0 Å². The van der Waals surface area contributed by atoms with Crippen LogP contribution in [0.15, 0.2) is 42.5 Å². The number of nitrogens with one attached hydrogen (secondary N) is 1. The highest BCUT2D eigenvalue weighted by molar-refractivity contribution is 5.83. The molecule has 0 bridgehead atoms. The zero-order valence-electron chi connectivity index (χ0n) is 10.7. The molecule has 0 saturated carbocycles. The van der Waals surface area contributed by atoms with Gasteiger partial charge in [-0.1, -0.05) is 42.8 Å². The van der Waals surface area contributed by atoms with Gasteiger partial charge in [-0.2, -0.15) is 8.78 Å². The van der Waals surface area contributed by atoms with Gasteiger partial charge in [-0.15, -0.1) is 0 Å². The van der Waals surface area contributed by atoms with Crippen LogP contribution in [-0.2, 0) is 5.92 Å². The molecule has 0 aromatic heterocycles. The summed E-state index contributed by atoms with van der Waals surface area (Å²) in [5.41, 5.74) is 0.116. The van der Waals surface area contributed by atoms with Crippen LogP contribution in [-0.4, -0.2) is 12.6 Å². The molecule has 19 heavy (non-hydrogen) atoms. The van der Waals surface area contributed by atoms with E-state index in [1.165, 1.54) is 0 Å².